The summed E-state index contributed by atoms with van der Waals surface area (Å²) in [5.41, 5.74) is 2.74. The average molecular weight is 498 g/mol. The average Bonchev–Trinajstić information content (AvgIpc) is 3.01. The van der Waals surface area contributed by atoms with Gasteiger partial charge in [0.2, 0.25) is 0 Å². The third-order valence-electron chi connectivity index (χ3n) is 4.81. The fourth-order valence-corrected chi connectivity index (χ4v) is 4.59. The summed E-state index contributed by atoms with van der Waals surface area (Å²) >= 11 is 12.8. The van der Waals surface area contributed by atoms with Crippen LogP contribution in [-0.4, -0.2) is 22.0 Å². The van der Waals surface area contributed by atoms with Crippen LogP contribution in [0.2, 0.25) is 10.0 Å². The van der Waals surface area contributed by atoms with E-state index in [1.54, 1.807) is 36.4 Å². The van der Waals surface area contributed by atoms with Gasteiger partial charge in [0.05, 0.1) is 22.0 Å². The normalized spacial score (nSPS) is 14.8. The maximum Gasteiger partial charge on any atom is 0.345 e. The number of carbonyl (C=O) groups excluding carboxylic acids is 3. The first kappa shape index (κ1) is 23.1. The molecule has 0 atom stereocenters. The molecular weight excluding hydrogens is 481 g/mol. The number of imide groups is 1. The van der Waals surface area contributed by atoms with Gasteiger partial charge in [-0.05, 0) is 66.2 Å². The Morgan fingerprint density at radius 1 is 1.03 bits per heavy atom. The van der Waals surface area contributed by atoms with E-state index in [1.807, 2.05) is 31.2 Å². The zero-order valence-electron chi connectivity index (χ0n) is 17.4. The van der Waals surface area contributed by atoms with E-state index >= 15 is 0 Å². The highest BCUT2D eigenvalue weighted by molar-refractivity contribution is 8.18. The van der Waals surface area contributed by atoms with E-state index in [0.717, 1.165) is 22.9 Å². The van der Waals surface area contributed by atoms with E-state index in [4.69, 9.17) is 27.9 Å². The molecule has 0 bridgehead atoms. The summed E-state index contributed by atoms with van der Waals surface area (Å²) in [6.07, 6.45) is 1.60. The molecule has 0 saturated carbocycles. The second-order valence-corrected chi connectivity index (χ2v) is 9.18. The molecule has 8 heteroatoms. The number of aryl methyl sites for hydroxylation is 1. The summed E-state index contributed by atoms with van der Waals surface area (Å²) in [4.78, 5) is 39.2. The molecule has 1 heterocycles. The van der Waals surface area contributed by atoms with E-state index in [-0.39, 0.29) is 34.0 Å². The van der Waals surface area contributed by atoms with Crippen LogP contribution in [0, 0.1) is 6.92 Å². The van der Waals surface area contributed by atoms with Gasteiger partial charge in [-0.2, -0.15) is 0 Å². The van der Waals surface area contributed by atoms with Crippen LogP contribution in [0.3, 0.4) is 0 Å². The quantitative estimate of drug-likeness (QED) is 0.221. The van der Waals surface area contributed by atoms with Crippen LogP contribution in [0.5, 0.6) is 5.75 Å². The zero-order chi connectivity index (χ0) is 23.5. The van der Waals surface area contributed by atoms with Gasteiger partial charge in [0, 0.05) is 5.02 Å². The monoisotopic (exact) mass is 497 g/mol. The maximum absolute atomic E-state index is 12.8. The lowest BCUT2D eigenvalue weighted by atomic mass is 10.1. The van der Waals surface area contributed by atoms with Gasteiger partial charge in [0.15, 0.2) is 0 Å². The molecule has 2 amide bonds. The Balaban J connectivity index is 1.50. The lowest BCUT2D eigenvalue weighted by molar-refractivity contribution is -0.123. The largest absolute Gasteiger partial charge is 0.423 e. The number of amides is 2. The zero-order valence-corrected chi connectivity index (χ0v) is 19.7. The predicted molar refractivity (Wildman–Crippen MR) is 131 cm³/mol. The van der Waals surface area contributed by atoms with E-state index in [1.165, 1.54) is 17.0 Å². The smallest absolute Gasteiger partial charge is 0.345 e. The number of benzene rings is 3. The SMILES string of the molecule is Cc1cccc(CN2C(=O)S/C(=C\c3cccc(OC(=O)c4ccc(Cl)cc4Cl)c3)C2=O)c1. The van der Waals surface area contributed by atoms with Crippen molar-refractivity contribution in [1.29, 1.82) is 0 Å². The van der Waals surface area contributed by atoms with Gasteiger partial charge in [-0.1, -0.05) is 65.2 Å². The van der Waals surface area contributed by atoms with E-state index < -0.39 is 5.97 Å². The molecule has 1 aliphatic rings. The van der Waals surface area contributed by atoms with Crippen LogP contribution >= 0.6 is 35.0 Å². The number of halogens is 2. The molecule has 1 fully saturated rings. The van der Waals surface area contributed by atoms with Crippen molar-refractivity contribution in [1.82, 2.24) is 4.90 Å². The summed E-state index contributed by atoms with van der Waals surface area (Å²) < 4.78 is 5.42. The van der Waals surface area contributed by atoms with Gasteiger partial charge in [0.1, 0.15) is 5.75 Å². The topological polar surface area (TPSA) is 63.7 Å². The fourth-order valence-electron chi connectivity index (χ4n) is 3.27. The number of nitrogens with zero attached hydrogens (tertiary/aromatic N) is 1. The van der Waals surface area contributed by atoms with Crippen LogP contribution in [0.25, 0.3) is 6.08 Å². The molecule has 0 aliphatic carbocycles. The molecule has 0 radical (unpaired) electrons. The van der Waals surface area contributed by atoms with Gasteiger partial charge >= 0.3 is 5.97 Å². The Morgan fingerprint density at radius 3 is 2.58 bits per heavy atom. The van der Waals surface area contributed by atoms with Gasteiger partial charge in [-0.3, -0.25) is 14.5 Å². The van der Waals surface area contributed by atoms with Crippen LogP contribution in [0.15, 0.2) is 71.6 Å². The van der Waals surface area contributed by atoms with Crippen molar-refractivity contribution in [3.63, 3.8) is 0 Å². The van der Waals surface area contributed by atoms with Crippen molar-refractivity contribution in [2.75, 3.05) is 0 Å². The minimum absolute atomic E-state index is 0.184. The van der Waals surface area contributed by atoms with Crippen LogP contribution < -0.4 is 4.74 Å². The highest BCUT2D eigenvalue weighted by Gasteiger charge is 2.35. The molecule has 1 aliphatic heterocycles. The summed E-state index contributed by atoms with van der Waals surface area (Å²) in [5.74, 6) is -0.715. The van der Waals surface area contributed by atoms with Crippen molar-refractivity contribution < 1.29 is 19.1 Å². The molecule has 166 valence electrons. The van der Waals surface area contributed by atoms with Crippen molar-refractivity contribution in [3.8, 4) is 5.75 Å². The molecule has 0 aromatic heterocycles. The number of hydrogen-bond acceptors (Lipinski definition) is 5. The lowest BCUT2D eigenvalue weighted by Gasteiger charge is -2.12. The Kier molecular flexibility index (Phi) is 6.88. The van der Waals surface area contributed by atoms with Gasteiger partial charge in [0.25, 0.3) is 11.1 Å². The minimum atomic E-state index is -0.632. The standard InChI is InChI=1S/C25H17Cl2NO4S/c1-15-4-2-6-17(10-15)14-28-23(29)22(33-25(28)31)12-16-5-3-7-19(11-16)32-24(30)20-9-8-18(26)13-21(20)27/h2-13H,14H2,1H3/b22-12-. The van der Waals surface area contributed by atoms with Crippen LogP contribution in [0.4, 0.5) is 4.79 Å². The number of rotatable bonds is 5. The fraction of sp³-hybridized carbons (Fsp3) is 0.0800. The van der Waals surface area contributed by atoms with Gasteiger partial charge < -0.3 is 4.74 Å². The highest BCUT2D eigenvalue weighted by Crippen LogP contribution is 2.34. The van der Waals surface area contributed by atoms with Crippen molar-refractivity contribution in [3.05, 3.63) is 104 Å². The second kappa shape index (κ2) is 9.83. The van der Waals surface area contributed by atoms with Crippen molar-refractivity contribution >= 4 is 58.2 Å². The van der Waals surface area contributed by atoms with Crippen molar-refractivity contribution in [2.45, 2.75) is 13.5 Å². The first-order chi connectivity index (χ1) is 15.8. The molecule has 0 spiro atoms. The van der Waals surface area contributed by atoms with Crippen LogP contribution in [0.1, 0.15) is 27.0 Å². The van der Waals surface area contributed by atoms with Gasteiger partial charge in [-0.25, -0.2) is 4.79 Å². The number of thioether (sulfide) groups is 1. The number of ether oxygens (including phenoxy) is 1. The Morgan fingerprint density at radius 2 is 1.82 bits per heavy atom. The highest BCUT2D eigenvalue weighted by atomic mass is 35.5. The molecule has 0 unspecified atom stereocenters. The first-order valence-corrected chi connectivity index (χ1v) is 11.5. The molecule has 3 aromatic carbocycles. The lowest BCUT2D eigenvalue weighted by Crippen LogP contribution is -2.27. The Bertz CT molecular complexity index is 1310. The van der Waals surface area contributed by atoms with Crippen LogP contribution in [-0.2, 0) is 11.3 Å². The summed E-state index contributed by atoms with van der Waals surface area (Å²) in [6, 6.07) is 18.8. The number of esters is 1. The molecule has 4 rings (SSSR count). The third-order valence-corrected chi connectivity index (χ3v) is 6.27. The van der Waals surface area contributed by atoms with Gasteiger partial charge in [-0.15, -0.1) is 0 Å². The molecule has 33 heavy (non-hydrogen) atoms. The van der Waals surface area contributed by atoms with E-state index in [0.29, 0.717) is 15.5 Å². The summed E-state index contributed by atoms with van der Waals surface area (Å²) in [7, 11) is 0. The van der Waals surface area contributed by atoms with E-state index in [9.17, 15) is 14.4 Å². The molecule has 3 aromatic rings. The summed E-state index contributed by atoms with van der Waals surface area (Å²) in [5, 5.41) is 0.272. The number of carbonyl (C=O) groups is 3. The molecular formula is C25H17Cl2NO4S. The maximum atomic E-state index is 12.8. The molecule has 5 nitrogen and oxygen atoms in total. The Labute approximate surface area is 204 Å². The summed E-state index contributed by atoms with van der Waals surface area (Å²) in [6.45, 7) is 2.17. The second-order valence-electron chi connectivity index (χ2n) is 7.34. The van der Waals surface area contributed by atoms with E-state index in [2.05, 4.69) is 0 Å². The first-order valence-electron chi connectivity index (χ1n) is 9.88. The molecule has 1 saturated heterocycles. The Hall–Kier alpha value is -3.06. The predicted octanol–water partition coefficient (Wildman–Crippen LogP) is 6.76. The third kappa shape index (κ3) is 5.47. The minimum Gasteiger partial charge on any atom is -0.423 e. The van der Waals surface area contributed by atoms with Crippen molar-refractivity contribution in [2.24, 2.45) is 0 Å². The number of hydrogen-bond donors (Lipinski definition) is 0. The molecule has 0 N–H and O–H groups in total.